The third kappa shape index (κ3) is 3.53. The Morgan fingerprint density at radius 2 is 1.65 bits per heavy atom. The van der Waals surface area contributed by atoms with E-state index < -0.39 is 0 Å². The summed E-state index contributed by atoms with van der Waals surface area (Å²) < 4.78 is 0.983. The highest BCUT2D eigenvalue weighted by atomic mass is 79.9. The summed E-state index contributed by atoms with van der Waals surface area (Å²) in [6.45, 7) is 0. The predicted octanol–water partition coefficient (Wildman–Crippen LogP) is 4.08. The first-order valence-corrected chi connectivity index (χ1v) is 6.22. The summed E-state index contributed by atoms with van der Waals surface area (Å²) in [5.74, 6) is 0.0707. The topological polar surface area (TPSA) is 17.1 Å². The van der Waals surface area contributed by atoms with Gasteiger partial charge in [-0.3, -0.25) is 4.79 Å². The third-order valence-corrected chi connectivity index (χ3v) is 3.02. The molecule has 0 saturated heterocycles. The molecule has 0 aromatic heterocycles. The molecule has 0 aliphatic heterocycles. The molecule has 2 rings (SSSR count). The summed E-state index contributed by atoms with van der Waals surface area (Å²) in [5.41, 5.74) is 1.88. The standard InChI is InChI=1S/C15H12BrO/c16-14-9-7-13(8-10-14)15(17)11-6-12-4-2-1-3-5-12/h1-5,7-11H,6H2. The zero-order chi connectivity index (χ0) is 12.1. The van der Waals surface area contributed by atoms with Crippen LogP contribution in [0.25, 0.3) is 0 Å². The Kier molecular flexibility index (Phi) is 4.10. The van der Waals surface area contributed by atoms with Gasteiger partial charge in [0.05, 0.1) is 0 Å². The second-order valence-corrected chi connectivity index (χ2v) is 4.68. The van der Waals surface area contributed by atoms with Gasteiger partial charge in [-0.1, -0.05) is 58.4 Å². The summed E-state index contributed by atoms with van der Waals surface area (Å²) in [5, 5.41) is 0. The van der Waals surface area contributed by atoms with E-state index in [1.165, 1.54) is 0 Å². The molecule has 2 heteroatoms. The summed E-state index contributed by atoms with van der Waals surface area (Å²) in [4.78, 5) is 11.9. The summed E-state index contributed by atoms with van der Waals surface area (Å²) in [6, 6.07) is 17.4. The molecule has 0 bridgehead atoms. The van der Waals surface area contributed by atoms with Crippen molar-refractivity contribution in [2.75, 3.05) is 0 Å². The van der Waals surface area contributed by atoms with Crippen LogP contribution >= 0.6 is 15.9 Å². The van der Waals surface area contributed by atoms with Gasteiger partial charge in [0, 0.05) is 16.5 Å². The van der Waals surface area contributed by atoms with Crippen LogP contribution in [0.5, 0.6) is 0 Å². The largest absolute Gasteiger partial charge is 0.294 e. The summed E-state index contributed by atoms with van der Waals surface area (Å²) >= 11 is 3.35. The van der Waals surface area contributed by atoms with Gasteiger partial charge in [0.15, 0.2) is 5.78 Å². The van der Waals surface area contributed by atoms with Gasteiger partial charge < -0.3 is 0 Å². The average molecular weight is 288 g/mol. The quantitative estimate of drug-likeness (QED) is 0.775. The van der Waals surface area contributed by atoms with Crippen LogP contribution in [-0.2, 0) is 6.42 Å². The van der Waals surface area contributed by atoms with Crippen LogP contribution in [0.1, 0.15) is 15.9 Å². The number of hydrogen-bond donors (Lipinski definition) is 0. The minimum absolute atomic E-state index is 0.0707. The van der Waals surface area contributed by atoms with Crippen molar-refractivity contribution >= 4 is 21.7 Å². The Morgan fingerprint density at radius 1 is 1.00 bits per heavy atom. The Bertz CT molecular complexity index is 488. The van der Waals surface area contributed by atoms with Crippen LogP contribution in [0, 0.1) is 6.42 Å². The molecule has 0 fully saturated rings. The lowest BCUT2D eigenvalue weighted by Gasteiger charge is -2.01. The van der Waals surface area contributed by atoms with Gasteiger partial charge in [-0.05, 0) is 24.1 Å². The fourth-order valence-electron chi connectivity index (χ4n) is 1.56. The van der Waals surface area contributed by atoms with E-state index in [9.17, 15) is 4.79 Å². The normalized spacial score (nSPS) is 10.2. The smallest absolute Gasteiger partial charge is 0.167 e. The number of Topliss-reactive ketones (excluding diaryl/α,β-unsaturated/α-hetero) is 1. The van der Waals surface area contributed by atoms with E-state index in [-0.39, 0.29) is 5.78 Å². The van der Waals surface area contributed by atoms with Crippen LogP contribution < -0.4 is 0 Å². The molecule has 0 atom stereocenters. The number of carbonyl (C=O) groups is 1. The maximum atomic E-state index is 11.9. The van der Waals surface area contributed by atoms with Gasteiger partial charge in [-0.2, -0.15) is 0 Å². The van der Waals surface area contributed by atoms with Crippen molar-refractivity contribution in [1.29, 1.82) is 0 Å². The van der Waals surface area contributed by atoms with Gasteiger partial charge in [-0.25, -0.2) is 0 Å². The average Bonchev–Trinajstić information content (AvgIpc) is 2.38. The van der Waals surface area contributed by atoms with E-state index >= 15 is 0 Å². The van der Waals surface area contributed by atoms with Crippen LogP contribution in [0.15, 0.2) is 59.1 Å². The number of ketones is 1. The molecular weight excluding hydrogens is 276 g/mol. The fraction of sp³-hybridized carbons (Fsp3) is 0.0667. The molecule has 2 aromatic carbocycles. The molecule has 2 aromatic rings. The maximum absolute atomic E-state index is 11.9. The van der Waals surface area contributed by atoms with E-state index in [2.05, 4.69) is 15.9 Å². The molecule has 0 unspecified atom stereocenters. The number of hydrogen-bond acceptors (Lipinski definition) is 1. The molecular formula is C15H12BrO. The summed E-state index contributed by atoms with van der Waals surface area (Å²) in [7, 11) is 0. The molecule has 0 aliphatic carbocycles. The summed E-state index contributed by atoms with van der Waals surface area (Å²) in [6.07, 6.45) is 2.40. The lowest BCUT2D eigenvalue weighted by molar-refractivity contribution is 0.102. The second-order valence-electron chi connectivity index (χ2n) is 3.76. The Labute approximate surface area is 110 Å². The first-order chi connectivity index (χ1) is 8.25. The van der Waals surface area contributed by atoms with Crippen molar-refractivity contribution in [3.8, 4) is 0 Å². The van der Waals surface area contributed by atoms with Crippen molar-refractivity contribution in [2.45, 2.75) is 6.42 Å². The highest BCUT2D eigenvalue weighted by molar-refractivity contribution is 9.10. The van der Waals surface area contributed by atoms with Gasteiger partial charge in [0.1, 0.15) is 0 Å². The molecule has 0 amide bonds. The van der Waals surface area contributed by atoms with Crippen molar-refractivity contribution < 1.29 is 4.79 Å². The van der Waals surface area contributed by atoms with Crippen molar-refractivity contribution in [3.63, 3.8) is 0 Å². The lowest BCUT2D eigenvalue weighted by Crippen LogP contribution is -2.01. The molecule has 1 radical (unpaired) electrons. The zero-order valence-corrected chi connectivity index (χ0v) is 10.9. The minimum Gasteiger partial charge on any atom is -0.294 e. The highest BCUT2D eigenvalue weighted by Gasteiger charge is 2.05. The van der Waals surface area contributed by atoms with Crippen molar-refractivity contribution in [2.24, 2.45) is 0 Å². The molecule has 0 heterocycles. The molecule has 0 aliphatic rings. The molecule has 0 spiro atoms. The molecule has 85 valence electrons. The maximum Gasteiger partial charge on any atom is 0.167 e. The van der Waals surface area contributed by atoms with Crippen LogP contribution in [0.3, 0.4) is 0 Å². The number of halogens is 1. The Balaban J connectivity index is 1.96. The molecule has 17 heavy (non-hydrogen) atoms. The van der Waals surface area contributed by atoms with Crippen molar-refractivity contribution in [3.05, 3.63) is 76.6 Å². The van der Waals surface area contributed by atoms with Gasteiger partial charge in [0.25, 0.3) is 0 Å². The zero-order valence-electron chi connectivity index (χ0n) is 9.27. The second kappa shape index (κ2) is 5.78. The van der Waals surface area contributed by atoms with Gasteiger partial charge in [-0.15, -0.1) is 0 Å². The van der Waals surface area contributed by atoms with Gasteiger partial charge in [0.2, 0.25) is 0 Å². The predicted molar refractivity (Wildman–Crippen MR) is 72.9 cm³/mol. The molecule has 0 N–H and O–H groups in total. The van der Waals surface area contributed by atoms with Crippen LogP contribution in [0.2, 0.25) is 0 Å². The number of carbonyl (C=O) groups excluding carboxylic acids is 1. The van der Waals surface area contributed by atoms with E-state index in [0.717, 1.165) is 15.6 Å². The first kappa shape index (κ1) is 12.1. The number of rotatable bonds is 4. The minimum atomic E-state index is 0.0707. The highest BCUT2D eigenvalue weighted by Crippen LogP contribution is 2.12. The van der Waals surface area contributed by atoms with Crippen molar-refractivity contribution in [1.82, 2.24) is 0 Å². The fourth-order valence-corrected chi connectivity index (χ4v) is 1.82. The van der Waals surface area contributed by atoms with Crippen LogP contribution in [-0.4, -0.2) is 5.78 Å². The van der Waals surface area contributed by atoms with E-state index in [4.69, 9.17) is 0 Å². The lowest BCUT2D eigenvalue weighted by atomic mass is 10.0. The van der Waals surface area contributed by atoms with Gasteiger partial charge >= 0.3 is 0 Å². The van der Waals surface area contributed by atoms with E-state index in [0.29, 0.717) is 6.42 Å². The SMILES string of the molecule is O=C([CH]Cc1ccccc1)c1ccc(Br)cc1. The van der Waals surface area contributed by atoms with E-state index in [1.54, 1.807) is 6.42 Å². The third-order valence-electron chi connectivity index (χ3n) is 2.49. The van der Waals surface area contributed by atoms with E-state index in [1.807, 2.05) is 54.6 Å². The number of benzene rings is 2. The monoisotopic (exact) mass is 287 g/mol. The first-order valence-electron chi connectivity index (χ1n) is 5.43. The molecule has 0 saturated carbocycles. The van der Waals surface area contributed by atoms with Crippen LogP contribution in [0.4, 0.5) is 0 Å². The Hall–Kier alpha value is -1.41. The molecule has 1 nitrogen and oxygen atoms in total. The Morgan fingerprint density at radius 3 is 2.29 bits per heavy atom.